The molecule has 1 heterocycles. The first-order valence-corrected chi connectivity index (χ1v) is 5.11. The van der Waals surface area contributed by atoms with Crippen molar-refractivity contribution in [1.82, 2.24) is 4.90 Å². The van der Waals surface area contributed by atoms with Gasteiger partial charge in [-0.1, -0.05) is 15.9 Å². The normalized spacial score (nSPS) is 17.2. The average Bonchev–Trinajstić information content (AvgIpc) is 2.06. The van der Waals surface area contributed by atoms with Gasteiger partial charge in [0.25, 0.3) is 0 Å². The summed E-state index contributed by atoms with van der Waals surface area (Å²) in [5, 5.41) is 0. The fourth-order valence-corrected chi connectivity index (χ4v) is 2.19. The topological polar surface area (TPSA) is 3.24 Å². The van der Waals surface area contributed by atoms with Crippen LogP contribution in [-0.2, 0) is 13.0 Å². The molecule has 0 amide bonds. The van der Waals surface area contributed by atoms with E-state index < -0.39 is 0 Å². The van der Waals surface area contributed by atoms with E-state index in [-0.39, 0.29) is 5.82 Å². The number of fused-ring (bicyclic) bond motifs is 1. The second-order valence-electron chi connectivity index (χ2n) is 3.51. The van der Waals surface area contributed by atoms with Gasteiger partial charge in [-0.15, -0.1) is 0 Å². The van der Waals surface area contributed by atoms with Crippen LogP contribution in [-0.4, -0.2) is 18.5 Å². The second-order valence-corrected chi connectivity index (χ2v) is 4.43. The SMILES string of the molecule is CN1CCc2cc(Br)cc(F)c2C1. The summed E-state index contributed by atoms with van der Waals surface area (Å²) in [6, 6.07) is 3.56. The molecule has 0 unspecified atom stereocenters. The molecule has 0 saturated carbocycles. The van der Waals surface area contributed by atoms with Crippen molar-refractivity contribution < 1.29 is 4.39 Å². The first kappa shape index (κ1) is 9.16. The Kier molecular flexibility index (Phi) is 2.39. The summed E-state index contributed by atoms with van der Waals surface area (Å²) in [5.74, 6) is -0.0871. The Morgan fingerprint density at radius 3 is 3.00 bits per heavy atom. The predicted octanol–water partition coefficient (Wildman–Crippen LogP) is 2.58. The standard InChI is InChI=1S/C10H11BrFN/c1-13-3-2-7-4-8(11)5-10(12)9(7)6-13/h4-5H,2-3,6H2,1H3. The number of rotatable bonds is 0. The second kappa shape index (κ2) is 3.39. The molecule has 70 valence electrons. The van der Waals surface area contributed by atoms with Gasteiger partial charge >= 0.3 is 0 Å². The Hall–Kier alpha value is -0.410. The molecular weight excluding hydrogens is 233 g/mol. The van der Waals surface area contributed by atoms with Crippen LogP contribution in [0.15, 0.2) is 16.6 Å². The summed E-state index contributed by atoms with van der Waals surface area (Å²) in [5.41, 5.74) is 2.00. The fraction of sp³-hybridized carbons (Fsp3) is 0.400. The van der Waals surface area contributed by atoms with Gasteiger partial charge in [0, 0.05) is 23.1 Å². The minimum atomic E-state index is -0.0871. The largest absolute Gasteiger partial charge is 0.302 e. The summed E-state index contributed by atoms with van der Waals surface area (Å²) in [4.78, 5) is 2.14. The number of likely N-dealkylation sites (N-methyl/N-ethyl adjacent to an activating group) is 1. The molecule has 0 spiro atoms. The molecule has 0 aromatic heterocycles. The Morgan fingerprint density at radius 2 is 2.23 bits per heavy atom. The van der Waals surface area contributed by atoms with Crippen molar-refractivity contribution in [3.63, 3.8) is 0 Å². The molecular formula is C10H11BrFN. The van der Waals surface area contributed by atoms with Crippen LogP contribution in [0.25, 0.3) is 0 Å². The molecule has 0 fully saturated rings. The average molecular weight is 244 g/mol. The van der Waals surface area contributed by atoms with E-state index in [2.05, 4.69) is 20.8 Å². The molecule has 0 N–H and O–H groups in total. The highest BCUT2D eigenvalue weighted by Crippen LogP contribution is 2.25. The first-order chi connectivity index (χ1) is 6.16. The van der Waals surface area contributed by atoms with Gasteiger partial charge in [-0.05, 0) is 31.2 Å². The smallest absolute Gasteiger partial charge is 0.129 e. The van der Waals surface area contributed by atoms with Crippen molar-refractivity contribution in [2.45, 2.75) is 13.0 Å². The van der Waals surface area contributed by atoms with Crippen LogP contribution in [0.2, 0.25) is 0 Å². The lowest BCUT2D eigenvalue weighted by Crippen LogP contribution is -2.27. The molecule has 0 atom stereocenters. The molecule has 1 nitrogen and oxygen atoms in total. The highest BCUT2D eigenvalue weighted by molar-refractivity contribution is 9.10. The Labute approximate surface area is 85.7 Å². The van der Waals surface area contributed by atoms with E-state index in [4.69, 9.17) is 0 Å². The summed E-state index contributed by atoms with van der Waals surface area (Å²) >= 11 is 3.30. The highest BCUT2D eigenvalue weighted by atomic mass is 79.9. The zero-order valence-corrected chi connectivity index (χ0v) is 9.07. The lowest BCUT2D eigenvalue weighted by atomic mass is 10.00. The molecule has 3 heteroatoms. The predicted molar refractivity (Wildman–Crippen MR) is 54.1 cm³/mol. The van der Waals surface area contributed by atoms with Gasteiger partial charge in [-0.2, -0.15) is 0 Å². The third kappa shape index (κ3) is 1.76. The molecule has 13 heavy (non-hydrogen) atoms. The van der Waals surface area contributed by atoms with Crippen molar-refractivity contribution in [2.75, 3.05) is 13.6 Å². The van der Waals surface area contributed by atoms with Crippen molar-refractivity contribution in [2.24, 2.45) is 0 Å². The molecule has 0 radical (unpaired) electrons. The van der Waals surface area contributed by atoms with Crippen molar-refractivity contribution in [3.8, 4) is 0 Å². The van der Waals surface area contributed by atoms with Gasteiger partial charge in [0.2, 0.25) is 0 Å². The zero-order valence-electron chi connectivity index (χ0n) is 7.48. The van der Waals surface area contributed by atoms with Gasteiger partial charge < -0.3 is 4.90 Å². The fourth-order valence-electron chi connectivity index (χ4n) is 1.72. The van der Waals surface area contributed by atoms with E-state index in [0.717, 1.165) is 35.1 Å². The molecule has 1 aromatic rings. The van der Waals surface area contributed by atoms with Crippen LogP contribution in [0.3, 0.4) is 0 Å². The minimum Gasteiger partial charge on any atom is -0.302 e. The highest BCUT2D eigenvalue weighted by Gasteiger charge is 2.17. The zero-order chi connectivity index (χ0) is 9.42. The number of hydrogen-bond acceptors (Lipinski definition) is 1. The Balaban J connectivity index is 2.47. The number of hydrogen-bond donors (Lipinski definition) is 0. The van der Waals surface area contributed by atoms with Crippen LogP contribution in [0.5, 0.6) is 0 Å². The number of halogens is 2. The molecule has 1 aliphatic rings. The molecule has 0 aliphatic carbocycles. The molecule has 1 aromatic carbocycles. The Bertz CT molecular complexity index is 338. The van der Waals surface area contributed by atoms with Gasteiger partial charge in [0.15, 0.2) is 0 Å². The third-order valence-electron chi connectivity index (χ3n) is 2.44. The van der Waals surface area contributed by atoms with E-state index in [1.165, 1.54) is 6.07 Å². The minimum absolute atomic E-state index is 0.0871. The summed E-state index contributed by atoms with van der Waals surface area (Å²) < 4.78 is 14.3. The monoisotopic (exact) mass is 243 g/mol. The van der Waals surface area contributed by atoms with Crippen molar-refractivity contribution in [3.05, 3.63) is 33.5 Å². The Morgan fingerprint density at radius 1 is 1.46 bits per heavy atom. The van der Waals surface area contributed by atoms with Crippen molar-refractivity contribution in [1.29, 1.82) is 0 Å². The molecule has 1 aliphatic heterocycles. The summed E-state index contributed by atoms with van der Waals surface area (Å²) in [6.07, 6.45) is 0.947. The molecule has 0 saturated heterocycles. The maximum absolute atomic E-state index is 13.4. The quantitative estimate of drug-likeness (QED) is 0.678. The van der Waals surface area contributed by atoms with E-state index >= 15 is 0 Å². The van der Waals surface area contributed by atoms with Crippen LogP contribution in [0.1, 0.15) is 11.1 Å². The van der Waals surface area contributed by atoms with E-state index in [1.54, 1.807) is 0 Å². The van der Waals surface area contributed by atoms with E-state index in [0.29, 0.717) is 0 Å². The molecule has 0 bridgehead atoms. The van der Waals surface area contributed by atoms with Gasteiger partial charge in [-0.25, -0.2) is 4.39 Å². The number of benzene rings is 1. The van der Waals surface area contributed by atoms with Gasteiger partial charge in [0.05, 0.1) is 0 Å². The van der Waals surface area contributed by atoms with Crippen LogP contribution < -0.4 is 0 Å². The summed E-state index contributed by atoms with van der Waals surface area (Å²) in [7, 11) is 2.02. The van der Waals surface area contributed by atoms with E-state index in [1.807, 2.05) is 13.1 Å². The number of nitrogens with zero attached hydrogens (tertiary/aromatic N) is 1. The lowest BCUT2D eigenvalue weighted by Gasteiger charge is -2.25. The van der Waals surface area contributed by atoms with Crippen LogP contribution in [0, 0.1) is 5.82 Å². The van der Waals surface area contributed by atoms with E-state index in [9.17, 15) is 4.39 Å². The van der Waals surface area contributed by atoms with Crippen molar-refractivity contribution >= 4 is 15.9 Å². The summed E-state index contributed by atoms with van der Waals surface area (Å²) in [6.45, 7) is 1.75. The molecule has 2 rings (SSSR count). The van der Waals surface area contributed by atoms with Crippen LogP contribution in [0.4, 0.5) is 4.39 Å². The van der Waals surface area contributed by atoms with Gasteiger partial charge in [0.1, 0.15) is 5.82 Å². The van der Waals surface area contributed by atoms with Crippen LogP contribution >= 0.6 is 15.9 Å². The third-order valence-corrected chi connectivity index (χ3v) is 2.90. The lowest BCUT2D eigenvalue weighted by molar-refractivity contribution is 0.305. The maximum Gasteiger partial charge on any atom is 0.129 e. The van der Waals surface area contributed by atoms with Gasteiger partial charge in [-0.3, -0.25) is 0 Å². The maximum atomic E-state index is 13.4. The first-order valence-electron chi connectivity index (χ1n) is 4.32.